The molecule has 12 heteroatoms. The van der Waals surface area contributed by atoms with E-state index in [-0.39, 0.29) is 57.9 Å². The number of hydrogen-bond acceptors (Lipinski definition) is 4. The molecular formula is C30H34Cl2F4N2O4. The predicted octanol–water partition coefficient (Wildman–Crippen LogP) is 7.99. The minimum atomic E-state index is -3.18. The average Bonchev–Trinajstić information content (AvgIpc) is 3.74. The summed E-state index contributed by atoms with van der Waals surface area (Å²) in [6.45, 7) is 4.06. The highest BCUT2D eigenvalue weighted by Gasteiger charge is 2.47. The fourth-order valence-electron chi connectivity index (χ4n) is 4.25. The monoisotopic (exact) mass is 632 g/mol. The average molecular weight is 634 g/mol. The predicted molar refractivity (Wildman–Crippen MR) is 154 cm³/mol. The quantitative estimate of drug-likeness (QED) is 0.207. The van der Waals surface area contributed by atoms with Crippen molar-refractivity contribution in [2.75, 3.05) is 11.9 Å². The first-order valence-electron chi connectivity index (χ1n) is 13.6. The van der Waals surface area contributed by atoms with Gasteiger partial charge in [0.2, 0.25) is 0 Å². The SMILES string of the molecule is CC(NC(=O)c1cc(NC(=O)c2c(Cl)ccc(CCCC(=O)C(C)(C)C(C)(F)F)c2Cl)ccc1OCC(F)F)C1CC1. The van der Waals surface area contributed by atoms with Gasteiger partial charge in [-0.25, -0.2) is 17.6 Å². The zero-order valence-corrected chi connectivity index (χ0v) is 25.3. The second kappa shape index (κ2) is 13.6. The van der Waals surface area contributed by atoms with Crippen LogP contribution >= 0.6 is 23.2 Å². The van der Waals surface area contributed by atoms with Crippen LogP contribution in [-0.4, -0.2) is 42.6 Å². The molecule has 0 spiro atoms. The largest absolute Gasteiger partial charge is 0.487 e. The minimum absolute atomic E-state index is 0.0284. The molecule has 0 saturated heterocycles. The van der Waals surface area contributed by atoms with E-state index in [9.17, 15) is 31.9 Å². The van der Waals surface area contributed by atoms with E-state index in [4.69, 9.17) is 27.9 Å². The molecule has 6 nitrogen and oxygen atoms in total. The molecule has 42 heavy (non-hydrogen) atoms. The summed E-state index contributed by atoms with van der Waals surface area (Å²) in [6.07, 6.45) is -0.447. The molecule has 2 aromatic carbocycles. The molecule has 1 fully saturated rings. The first-order valence-corrected chi connectivity index (χ1v) is 14.3. The van der Waals surface area contributed by atoms with Crippen LogP contribution in [0.5, 0.6) is 5.75 Å². The van der Waals surface area contributed by atoms with Crippen molar-refractivity contribution in [3.63, 3.8) is 0 Å². The van der Waals surface area contributed by atoms with E-state index in [2.05, 4.69) is 10.6 Å². The molecule has 3 rings (SSSR count). The summed E-state index contributed by atoms with van der Waals surface area (Å²) in [5, 5.41) is 5.53. The van der Waals surface area contributed by atoms with Crippen molar-refractivity contribution in [2.24, 2.45) is 11.3 Å². The maximum absolute atomic E-state index is 13.8. The minimum Gasteiger partial charge on any atom is -0.487 e. The van der Waals surface area contributed by atoms with Crippen molar-refractivity contribution >= 4 is 46.5 Å². The Bertz CT molecular complexity index is 1330. The number of aryl methyl sites for hydroxylation is 1. The third-order valence-corrected chi connectivity index (χ3v) is 8.32. The van der Waals surface area contributed by atoms with Gasteiger partial charge in [0.15, 0.2) is 0 Å². The first-order chi connectivity index (χ1) is 19.5. The molecule has 2 N–H and O–H groups in total. The van der Waals surface area contributed by atoms with Crippen LogP contribution < -0.4 is 15.4 Å². The fourth-order valence-corrected chi connectivity index (χ4v) is 4.89. The molecule has 0 heterocycles. The summed E-state index contributed by atoms with van der Waals surface area (Å²) >= 11 is 12.8. The van der Waals surface area contributed by atoms with Crippen LogP contribution in [0.4, 0.5) is 23.2 Å². The van der Waals surface area contributed by atoms with E-state index in [1.807, 2.05) is 6.92 Å². The van der Waals surface area contributed by atoms with E-state index >= 15 is 0 Å². The van der Waals surface area contributed by atoms with E-state index < -0.39 is 42.0 Å². The van der Waals surface area contributed by atoms with E-state index in [0.717, 1.165) is 12.8 Å². The lowest BCUT2D eigenvalue weighted by Gasteiger charge is -2.29. The molecule has 2 amide bonds. The van der Waals surface area contributed by atoms with Crippen molar-refractivity contribution < 1.29 is 36.7 Å². The number of ketones is 1. The Kier molecular flexibility index (Phi) is 10.9. The smallest absolute Gasteiger partial charge is 0.272 e. The van der Waals surface area contributed by atoms with Crippen LogP contribution in [0.25, 0.3) is 0 Å². The molecule has 0 aliphatic heterocycles. The summed E-state index contributed by atoms with van der Waals surface area (Å²) in [7, 11) is 0. The maximum atomic E-state index is 13.8. The highest BCUT2D eigenvalue weighted by molar-refractivity contribution is 6.40. The van der Waals surface area contributed by atoms with Gasteiger partial charge in [0.1, 0.15) is 18.1 Å². The maximum Gasteiger partial charge on any atom is 0.272 e. The molecule has 1 saturated carbocycles. The Morgan fingerprint density at radius 3 is 2.31 bits per heavy atom. The summed E-state index contributed by atoms with van der Waals surface area (Å²) in [4.78, 5) is 38.6. The number of anilines is 1. The lowest BCUT2D eigenvalue weighted by molar-refractivity contribution is -0.149. The first kappa shape index (κ1) is 33.6. The van der Waals surface area contributed by atoms with Gasteiger partial charge in [-0.15, -0.1) is 0 Å². The summed E-state index contributed by atoms with van der Waals surface area (Å²) in [5.41, 5.74) is -1.26. The second-order valence-corrected chi connectivity index (χ2v) is 11.9. The molecule has 0 aromatic heterocycles. The second-order valence-electron chi connectivity index (χ2n) is 11.2. The highest BCUT2D eigenvalue weighted by Crippen LogP contribution is 2.38. The zero-order chi connectivity index (χ0) is 31.4. The van der Waals surface area contributed by atoms with Gasteiger partial charge in [0.05, 0.1) is 26.6 Å². The van der Waals surface area contributed by atoms with Gasteiger partial charge in [0, 0.05) is 25.1 Å². The highest BCUT2D eigenvalue weighted by atomic mass is 35.5. The van der Waals surface area contributed by atoms with Crippen molar-refractivity contribution in [3.8, 4) is 5.75 Å². The van der Waals surface area contributed by atoms with Crippen molar-refractivity contribution in [2.45, 2.75) is 78.2 Å². The number of halogens is 6. The van der Waals surface area contributed by atoms with E-state index in [1.54, 1.807) is 6.07 Å². The van der Waals surface area contributed by atoms with Gasteiger partial charge in [-0.05, 0) is 82.2 Å². The molecule has 0 bridgehead atoms. The van der Waals surface area contributed by atoms with Crippen LogP contribution in [0.2, 0.25) is 10.0 Å². The van der Waals surface area contributed by atoms with Gasteiger partial charge >= 0.3 is 0 Å². The lowest BCUT2D eigenvalue weighted by atomic mass is 9.80. The van der Waals surface area contributed by atoms with Gasteiger partial charge in [-0.2, -0.15) is 0 Å². The number of carbonyl (C=O) groups is 3. The number of carbonyl (C=O) groups excluding carboxylic acids is 3. The topological polar surface area (TPSA) is 84.5 Å². The molecule has 230 valence electrons. The summed E-state index contributed by atoms with van der Waals surface area (Å²) < 4.78 is 58.4. The number of Topliss-reactive ketones (excluding diaryl/α,β-unsaturated/α-hetero) is 1. The van der Waals surface area contributed by atoms with E-state index in [0.29, 0.717) is 18.4 Å². The molecule has 2 aromatic rings. The van der Waals surface area contributed by atoms with Gasteiger partial charge in [-0.1, -0.05) is 29.3 Å². The molecule has 0 radical (unpaired) electrons. The Morgan fingerprint density at radius 2 is 1.71 bits per heavy atom. The third kappa shape index (κ3) is 8.37. The Hall–Kier alpha value is -2.85. The summed E-state index contributed by atoms with van der Waals surface area (Å²) in [6, 6.07) is 6.94. The van der Waals surface area contributed by atoms with Crippen LogP contribution in [0.15, 0.2) is 30.3 Å². The number of nitrogens with one attached hydrogen (secondary N) is 2. The standard InChI is InChI=1S/C30H34Cl2F4N2O4/c1-16(17-8-9-17)37-27(40)20-14-19(11-13-22(20)42-15-24(33)34)38-28(41)25-21(31)12-10-18(26(25)32)6-5-7-23(39)29(2,3)30(4,35)36/h10-14,16-17,24H,5-9,15H2,1-4H3,(H,37,40)(H,38,41). The van der Waals surface area contributed by atoms with Crippen molar-refractivity contribution in [1.29, 1.82) is 0 Å². The normalized spacial score (nSPS) is 14.5. The Balaban J connectivity index is 1.77. The Labute approximate surface area is 252 Å². The van der Waals surface area contributed by atoms with E-state index in [1.165, 1.54) is 38.1 Å². The number of amides is 2. The zero-order valence-electron chi connectivity index (χ0n) is 23.8. The van der Waals surface area contributed by atoms with Gasteiger partial charge < -0.3 is 15.4 Å². The molecule has 1 atom stereocenters. The number of hydrogen-bond donors (Lipinski definition) is 2. The van der Waals surface area contributed by atoms with Gasteiger partial charge in [0.25, 0.3) is 24.2 Å². The van der Waals surface area contributed by atoms with Crippen LogP contribution in [0, 0.1) is 11.3 Å². The number of benzene rings is 2. The van der Waals surface area contributed by atoms with Crippen LogP contribution in [0.3, 0.4) is 0 Å². The molecule has 1 unspecified atom stereocenters. The Morgan fingerprint density at radius 1 is 1.05 bits per heavy atom. The third-order valence-electron chi connectivity index (χ3n) is 7.58. The van der Waals surface area contributed by atoms with Crippen LogP contribution in [0.1, 0.15) is 79.7 Å². The number of ether oxygens (including phenoxy) is 1. The number of alkyl halides is 4. The lowest BCUT2D eigenvalue weighted by Crippen LogP contribution is -2.40. The fraction of sp³-hybridized carbons (Fsp3) is 0.500. The molecular weight excluding hydrogens is 599 g/mol. The molecule has 1 aliphatic rings. The number of rotatable bonds is 14. The summed E-state index contributed by atoms with van der Waals surface area (Å²) in [5.74, 6) is -4.73. The van der Waals surface area contributed by atoms with Crippen molar-refractivity contribution in [3.05, 3.63) is 57.1 Å². The van der Waals surface area contributed by atoms with Gasteiger partial charge in [-0.3, -0.25) is 14.4 Å². The van der Waals surface area contributed by atoms with Crippen LogP contribution in [-0.2, 0) is 11.2 Å². The molecule has 1 aliphatic carbocycles. The van der Waals surface area contributed by atoms with Crippen molar-refractivity contribution in [1.82, 2.24) is 5.32 Å².